The first-order chi connectivity index (χ1) is 7.24. The maximum Gasteiger partial charge on any atom is 0.235 e. The molecule has 0 atom stereocenters. The molecule has 0 saturated carbocycles. The zero-order chi connectivity index (χ0) is 12.5. The van der Waals surface area contributed by atoms with Crippen molar-refractivity contribution in [2.75, 3.05) is 4.72 Å². The lowest BCUT2D eigenvalue weighted by atomic mass is 10.1. The Kier molecular flexibility index (Phi) is 4.02. The molecular formula is C11H16BrNO2S. The average Bonchev–Trinajstić information content (AvgIpc) is 2.11. The Morgan fingerprint density at radius 3 is 2.25 bits per heavy atom. The summed E-state index contributed by atoms with van der Waals surface area (Å²) in [4.78, 5) is 0. The van der Waals surface area contributed by atoms with Gasteiger partial charge in [0.15, 0.2) is 0 Å². The van der Waals surface area contributed by atoms with Crippen LogP contribution in [-0.4, -0.2) is 13.7 Å². The number of rotatable bonds is 3. The third kappa shape index (κ3) is 2.98. The first-order valence-corrected chi connectivity index (χ1v) is 7.36. The lowest BCUT2D eigenvalue weighted by Crippen LogP contribution is -2.23. The van der Waals surface area contributed by atoms with E-state index in [0.717, 1.165) is 15.6 Å². The summed E-state index contributed by atoms with van der Waals surface area (Å²) >= 11 is 3.37. The number of anilines is 1. The van der Waals surface area contributed by atoms with E-state index in [1.54, 1.807) is 13.8 Å². The molecule has 0 saturated heterocycles. The van der Waals surface area contributed by atoms with Gasteiger partial charge in [-0.15, -0.1) is 0 Å². The van der Waals surface area contributed by atoms with E-state index in [4.69, 9.17) is 0 Å². The van der Waals surface area contributed by atoms with Crippen molar-refractivity contribution >= 4 is 31.6 Å². The van der Waals surface area contributed by atoms with Crippen LogP contribution in [0.4, 0.5) is 5.69 Å². The maximum atomic E-state index is 11.8. The molecule has 0 bridgehead atoms. The van der Waals surface area contributed by atoms with Crippen molar-refractivity contribution in [3.63, 3.8) is 0 Å². The molecule has 3 nitrogen and oxygen atoms in total. The normalized spacial score (nSPS) is 11.9. The van der Waals surface area contributed by atoms with Gasteiger partial charge in [0.1, 0.15) is 0 Å². The number of nitrogens with one attached hydrogen (secondary N) is 1. The SMILES string of the molecule is Cc1cc(C)c(NS(=O)(=O)C(C)C)c(Br)c1. The van der Waals surface area contributed by atoms with E-state index in [-0.39, 0.29) is 0 Å². The van der Waals surface area contributed by atoms with Gasteiger partial charge in [0.25, 0.3) is 0 Å². The molecule has 16 heavy (non-hydrogen) atoms. The lowest BCUT2D eigenvalue weighted by molar-refractivity contribution is 0.592. The molecule has 0 aromatic heterocycles. The second-order valence-corrected chi connectivity index (χ2v) is 7.23. The van der Waals surface area contributed by atoms with Crippen LogP contribution in [0.2, 0.25) is 0 Å². The predicted molar refractivity (Wildman–Crippen MR) is 71.3 cm³/mol. The topological polar surface area (TPSA) is 46.2 Å². The van der Waals surface area contributed by atoms with E-state index in [0.29, 0.717) is 5.69 Å². The molecule has 0 unspecified atom stereocenters. The van der Waals surface area contributed by atoms with Gasteiger partial charge in [-0.3, -0.25) is 4.72 Å². The van der Waals surface area contributed by atoms with Gasteiger partial charge < -0.3 is 0 Å². The van der Waals surface area contributed by atoms with Crippen molar-refractivity contribution < 1.29 is 8.42 Å². The molecule has 0 aliphatic rings. The van der Waals surface area contributed by atoms with Crippen LogP contribution in [0, 0.1) is 13.8 Å². The summed E-state index contributed by atoms with van der Waals surface area (Å²) in [5.41, 5.74) is 2.63. The van der Waals surface area contributed by atoms with Crippen LogP contribution in [-0.2, 0) is 10.0 Å². The number of sulfonamides is 1. The third-order valence-electron chi connectivity index (χ3n) is 2.30. The van der Waals surface area contributed by atoms with Crippen molar-refractivity contribution in [2.45, 2.75) is 32.9 Å². The minimum Gasteiger partial charge on any atom is -0.282 e. The summed E-state index contributed by atoms with van der Waals surface area (Å²) in [5.74, 6) is 0. The molecule has 0 heterocycles. The Hall–Kier alpha value is -0.550. The molecule has 0 fully saturated rings. The van der Waals surface area contributed by atoms with Gasteiger partial charge in [-0.1, -0.05) is 6.07 Å². The van der Waals surface area contributed by atoms with Crippen molar-refractivity contribution in [2.24, 2.45) is 0 Å². The lowest BCUT2D eigenvalue weighted by Gasteiger charge is -2.15. The first kappa shape index (κ1) is 13.5. The average molecular weight is 306 g/mol. The van der Waals surface area contributed by atoms with E-state index in [1.165, 1.54) is 0 Å². The predicted octanol–water partition coefficient (Wildman–Crippen LogP) is 3.22. The van der Waals surface area contributed by atoms with Gasteiger partial charge in [0, 0.05) is 4.47 Å². The summed E-state index contributed by atoms with van der Waals surface area (Å²) in [6.45, 7) is 7.16. The van der Waals surface area contributed by atoms with Gasteiger partial charge in [-0.05, 0) is 60.8 Å². The number of benzene rings is 1. The molecular weight excluding hydrogens is 290 g/mol. The number of hydrogen-bond acceptors (Lipinski definition) is 2. The van der Waals surface area contributed by atoms with Gasteiger partial charge in [0.05, 0.1) is 10.9 Å². The molecule has 1 N–H and O–H groups in total. The minimum atomic E-state index is -3.29. The quantitative estimate of drug-likeness (QED) is 0.932. The Morgan fingerprint density at radius 1 is 1.25 bits per heavy atom. The Labute approximate surface area is 105 Å². The largest absolute Gasteiger partial charge is 0.282 e. The highest BCUT2D eigenvalue weighted by atomic mass is 79.9. The number of aryl methyl sites for hydroxylation is 2. The summed E-state index contributed by atoms with van der Waals surface area (Å²) in [6.07, 6.45) is 0. The van der Waals surface area contributed by atoms with E-state index in [2.05, 4.69) is 20.7 Å². The Balaban J connectivity index is 3.17. The van der Waals surface area contributed by atoms with Gasteiger partial charge in [0.2, 0.25) is 10.0 Å². The first-order valence-electron chi connectivity index (χ1n) is 5.02. The fraction of sp³-hybridized carbons (Fsp3) is 0.455. The Morgan fingerprint density at radius 2 is 1.81 bits per heavy atom. The highest BCUT2D eigenvalue weighted by Crippen LogP contribution is 2.29. The molecule has 0 spiro atoms. The fourth-order valence-electron chi connectivity index (χ4n) is 1.31. The second kappa shape index (κ2) is 4.75. The van der Waals surface area contributed by atoms with Crippen LogP contribution in [0.5, 0.6) is 0 Å². The van der Waals surface area contributed by atoms with Crippen LogP contribution in [0.25, 0.3) is 0 Å². The summed E-state index contributed by atoms with van der Waals surface area (Å²) in [5, 5.41) is -0.444. The summed E-state index contributed by atoms with van der Waals surface area (Å²) in [7, 11) is -3.29. The van der Waals surface area contributed by atoms with Crippen molar-refractivity contribution in [1.29, 1.82) is 0 Å². The van der Waals surface area contributed by atoms with Gasteiger partial charge >= 0.3 is 0 Å². The van der Waals surface area contributed by atoms with E-state index < -0.39 is 15.3 Å². The van der Waals surface area contributed by atoms with Gasteiger partial charge in [-0.25, -0.2) is 8.42 Å². The standard InChI is InChI=1S/C11H16BrNO2S/c1-7(2)16(14,15)13-11-9(4)5-8(3)6-10(11)12/h5-7,13H,1-4H3. The molecule has 0 aliphatic heterocycles. The summed E-state index contributed by atoms with van der Waals surface area (Å²) < 4.78 is 26.9. The molecule has 1 aromatic carbocycles. The molecule has 5 heteroatoms. The monoisotopic (exact) mass is 305 g/mol. The highest BCUT2D eigenvalue weighted by Gasteiger charge is 2.18. The maximum absolute atomic E-state index is 11.8. The highest BCUT2D eigenvalue weighted by molar-refractivity contribution is 9.10. The second-order valence-electron chi connectivity index (χ2n) is 4.13. The van der Waals surface area contributed by atoms with E-state index in [1.807, 2.05) is 26.0 Å². The molecule has 0 aliphatic carbocycles. The number of halogens is 1. The molecule has 90 valence electrons. The van der Waals surface area contributed by atoms with Crippen LogP contribution in [0.15, 0.2) is 16.6 Å². The smallest absolute Gasteiger partial charge is 0.235 e. The third-order valence-corrected chi connectivity index (χ3v) is 4.65. The zero-order valence-electron chi connectivity index (χ0n) is 9.83. The van der Waals surface area contributed by atoms with Crippen molar-refractivity contribution in [3.8, 4) is 0 Å². The molecule has 0 radical (unpaired) electrons. The molecule has 1 aromatic rings. The van der Waals surface area contributed by atoms with Crippen molar-refractivity contribution in [3.05, 3.63) is 27.7 Å². The number of hydrogen-bond donors (Lipinski definition) is 1. The fourth-order valence-corrected chi connectivity index (χ4v) is 3.00. The van der Waals surface area contributed by atoms with E-state index >= 15 is 0 Å². The molecule has 0 amide bonds. The zero-order valence-corrected chi connectivity index (χ0v) is 12.2. The van der Waals surface area contributed by atoms with Crippen LogP contribution >= 0.6 is 15.9 Å². The van der Waals surface area contributed by atoms with Crippen molar-refractivity contribution in [1.82, 2.24) is 0 Å². The van der Waals surface area contributed by atoms with E-state index in [9.17, 15) is 8.42 Å². The van der Waals surface area contributed by atoms with Crippen LogP contribution in [0.1, 0.15) is 25.0 Å². The molecule has 1 rings (SSSR count). The van der Waals surface area contributed by atoms with Crippen LogP contribution < -0.4 is 4.72 Å². The van der Waals surface area contributed by atoms with Gasteiger partial charge in [-0.2, -0.15) is 0 Å². The Bertz CT molecular complexity index is 472. The van der Waals surface area contributed by atoms with Crippen LogP contribution in [0.3, 0.4) is 0 Å². The minimum absolute atomic E-state index is 0.444. The summed E-state index contributed by atoms with van der Waals surface area (Å²) in [6, 6.07) is 3.84.